The van der Waals surface area contributed by atoms with Crippen LogP contribution in [0.1, 0.15) is 79.2 Å². The van der Waals surface area contributed by atoms with Gasteiger partial charge in [0.05, 0.1) is 17.8 Å². The average Bonchev–Trinajstić information content (AvgIpc) is 3.72. The minimum absolute atomic E-state index is 0.0620. The molecule has 0 aromatic heterocycles. The number of ether oxygens (including phenoxy) is 6. The van der Waals surface area contributed by atoms with Gasteiger partial charge in [-0.3, -0.25) is 4.79 Å². The van der Waals surface area contributed by atoms with Crippen LogP contribution in [0.25, 0.3) is 0 Å². The predicted molar refractivity (Wildman–Crippen MR) is 200 cm³/mol. The fraction of sp³-hybridized carbons (Fsp3) is 0.727. The van der Waals surface area contributed by atoms with Crippen molar-refractivity contribution in [1.29, 1.82) is 0 Å². The smallest absolute Gasteiger partial charge is 0.331 e. The van der Waals surface area contributed by atoms with Gasteiger partial charge in [-0.25, -0.2) is 4.79 Å². The van der Waals surface area contributed by atoms with Crippen LogP contribution in [0.4, 0.5) is 0 Å². The van der Waals surface area contributed by atoms with Gasteiger partial charge in [-0.15, -0.1) is 0 Å². The Kier molecular flexibility index (Phi) is 9.16. The maximum atomic E-state index is 13.7. The van der Waals surface area contributed by atoms with Gasteiger partial charge in [0.1, 0.15) is 53.4 Å². The molecule has 10 rings (SSSR count). The van der Waals surface area contributed by atoms with Crippen LogP contribution in [0.5, 0.6) is 0 Å². The summed E-state index contributed by atoms with van der Waals surface area (Å²) < 4.78 is 39.5. The molecule has 5 heterocycles. The van der Waals surface area contributed by atoms with Gasteiger partial charge in [-0.1, -0.05) is 77.1 Å². The minimum atomic E-state index is -2.21. The quantitative estimate of drug-likeness (QED) is 0.216. The molecule has 312 valence electrons. The van der Waals surface area contributed by atoms with E-state index in [4.69, 9.17) is 28.4 Å². The van der Waals surface area contributed by atoms with Gasteiger partial charge < -0.3 is 54.0 Å². The summed E-state index contributed by atoms with van der Waals surface area (Å²) in [4.78, 5) is 26.7. The second-order valence-corrected chi connectivity index (χ2v) is 19.3. The molecule has 4 aliphatic carbocycles. The molecule has 0 amide bonds. The zero-order chi connectivity index (χ0) is 40.7. The van der Waals surface area contributed by atoms with E-state index in [1.807, 2.05) is 45.9 Å². The first kappa shape index (κ1) is 39.7. The van der Waals surface area contributed by atoms with Crippen LogP contribution in [0, 0.1) is 47.3 Å². The molecular weight excluding hydrogens is 736 g/mol. The molecule has 9 aliphatic rings. The average molecular weight is 795 g/mol. The maximum absolute atomic E-state index is 13.7. The number of rotatable bonds is 5. The lowest BCUT2D eigenvalue weighted by molar-refractivity contribution is -0.595. The van der Waals surface area contributed by atoms with Crippen molar-refractivity contribution in [1.82, 2.24) is 0 Å². The van der Waals surface area contributed by atoms with Crippen LogP contribution in [0.3, 0.4) is 0 Å². The molecule has 13 heteroatoms. The van der Waals surface area contributed by atoms with Gasteiger partial charge >= 0.3 is 17.9 Å². The third-order valence-electron chi connectivity index (χ3n) is 15.8. The third kappa shape index (κ3) is 5.26. The predicted octanol–water partition coefficient (Wildman–Crippen LogP) is 3.04. The fourth-order valence-electron chi connectivity index (χ4n) is 13.0. The number of benzene rings is 1. The highest BCUT2D eigenvalue weighted by atomic mass is 16.9. The van der Waals surface area contributed by atoms with Crippen LogP contribution in [-0.2, 0) is 44.0 Å². The fourth-order valence-corrected chi connectivity index (χ4v) is 13.0. The summed E-state index contributed by atoms with van der Waals surface area (Å²) >= 11 is 0. The summed E-state index contributed by atoms with van der Waals surface area (Å²) in [6.07, 6.45) is 1.15. The zero-order valence-corrected chi connectivity index (χ0v) is 33.5. The first-order valence-corrected chi connectivity index (χ1v) is 20.9. The number of aliphatic hydroxyl groups is 5. The Labute approximate surface area is 333 Å². The molecule has 4 saturated carbocycles. The molecule has 1 spiro atoms. The summed E-state index contributed by atoms with van der Waals surface area (Å²) in [6, 6.07) is 9.04. The van der Waals surface area contributed by atoms with Crippen molar-refractivity contribution in [2.24, 2.45) is 47.3 Å². The largest absolute Gasteiger partial charge is 0.458 e. The Morgan fingerprint density at radius 3 is 2.39 bits per heavy atom. The molecule has 5 aliphatic heterocycles. The van der Waals surface area contributed by atoms with E-state index < -0.39 is 107 Å². The van der Waals surface area contributed by atoms with Gasteiger partial charge in [0.25, 0.3) is 0 Å². The van der Waals surface area contributed by atoms with Crippen molar-refractivity contribution in [2.45, 2.75) is 144 Å². The number of fused-ring (bicyclic) bond motifs is 3. The number of allylic oxidation sites excluding steroid dienone is 2. The standard InChI is InChI=1S/C44H58O13/c1-22(2)18-32(47)52-29-14-10-11-15-31(46)53-34-23(3)19-30-41(34,50)38(48)40(21-45)36(54-40)33-37-43(51,39(6,49)20-26-16-17-28(29)24(26)4)35-25(5)42(30,33)57-44(55-35,56-37)27-12-8-7-9-13-27/h7-15,22-26,28-30,33-38,45,48-51H,16-21H2,1-6H3/t23-,24+,25-,26-,28+,29-,30+,33+,34+,35+,36+,37-,38-,39-,40-,41-,42+,43+,44-/m1/s1. The minimum Gasteiger partial charge on any atom is -0.458 e. The second-order valence-electron chi connectivity index (χ2n) is 19.3. The van der Waals surface area contributed by atoms with Crippen molar-refractivity contribution >= 4 is 11.9 Å². The molecule has 0 unspecified atom stereocenters. The number of aliphatic hydroxyl groups excluding tert-OH is 2. The molecule has 1 aromatic carbocycles. The molecular formula is C44H58O13. The van der Waals surface area contributed by atoms with Crippen LogP contribution >= 0.6 is 0 Å². The molecule has 8 fully saturated rings. The van der Waals surface area contributed by atoms with Crippen molar-refractivity contribution in [2.75, 3.05) is 6.61 Å². The monoisotopic (exact) mass is 794 g/mol. The molecule has 13 nitrogen and oxygen atoms in total. The van der Waals surface area contributed by atoms with E-state index in [2.05, 4.69) is 6.92 Å². The number of hydrogen-bond acceptors (Lipinski definition) is 13. The van der Waals surface area contributed by atoms with Crippen LogP contribution < -0.4 is 0 Å². The molecule has 4 saturated heterocycles. The lowest BCUT2D eigenvalue weighted by atomic mass is 9.49. The molecule has 19 atom stereocenters. The summed E-state index contributed by atoms with van der Waals surface area (Å²) in [5.41, 5.74) is -8.82. The Morgan fingerprint density at radius 2 is 1.68 bits per heavy atom. The Balaban J connectivity index is 1.22. The lowest BCUT2D eigenvalue weighted by Crippen LogP contribution is -2.89. The first-order chi connectivity index (χ1) is 26.9. The topological polar surface area (TPSA) is 194 Å². The van der Waals surface area contributed by atoms with E-state index in [1.54, 1.807) is 31.2 Å². The number of carbonyl (C=O) groups is 2. The van der Waals surface area contributed by atoms with Crippen LogP contribution in [0.15, 0.2) is 54.6 Å². The van der Waals surface area contributed by atoms with Gasteiger partial charge in [0.2, 0.25) is 0 Å². The normalized spacial score (nSPS) is 53.3. The summed E-state index contributed by atoms with van der Waals surface area (Å²) in [5, 5.41) is 63.3. The number of esters is 2. The third-order valence-corrected chi connectivity index (χ3v) is 15.8. The van der Waals surface area contributed by atoms with E-state index >= 15 is 0 Å². The van der Waals surface area contributed by atoms with Crippen molar-refractivity contribution < 1.29 is 63.5 Å². The Hall–Kier alpha value is -2.72. The molecule has 5 N–H and O–H groups in total. The van der Waals surface area contributed by atoms with Gasteiger partial charge in [-0.05, 0) is 62.4 Å². The summed E-state index contributed by atoms with van der Waals surface area (Å²) in [6.45, 7) is 10.6. The van der Waals surface area contributed by atoms with Crippen LogP contribution in [-0.4, -0.2) is 109 Å². The lowest BCUT2D eigenvalue weighted by Gasteiger charge is -2.74. The van der Waals surface area contributed by atoms with E-state index in [0.717, 1.165) is 0 Å². The highest BCUT2D eigenvalue weighted by Gasteiger charge is 2.91. The van der Waals surface area contributed by atoms with Crippen LogP contribution in [0.2, 0.25) is 0 Å². The van der Waals surface area contributed by atoms with Gasteiger partial charge in [0.15, 0.2) is 0 Å². The SMILES string of the molecule is CC(C)CC(=O)O[C@@H]1C=CC=CC(=O)O[C@H]2[C@H](C)C[C@H]3[C@]2(O)[C@H](O)[C@]2(CO)O[C@H]2[C@H]2[C@H]4O[C@@]5(c6ccccc6)O[C@@H]([C@@H](C)[C@@]23O5)[C@@]4(O)[C@](C)(O)C[C@H]2CC[C@H]1[C@H]2C. The van der Waals surface area contributed by atoms with Crippen molar-refractivity contribution in [3.05, 3.63) is 60.2 Å². The highest BCUT2D eigenvalue weighted by molar-refractivity contribution is 5.82. The zero-order valence-electron chi connectivity index (χ0n) is 33.5. The highest BCUT2D eigenvalue weighted by Crippen LogP contribution is 2.75. The molecule has 1 aromatic rings. The maximum Gasteiger partial charge on any atom is 0.331 e. The Morgan fingerprint density at radius 1 is 0.965 bits per heavy atom. The number of epoxide rings is 1. The second kappa shape index (κ2) is 13.1. The Bertz CT molecular complexity index is 1830. The van der Waals surface area contributed by atoms with E-state index in [0.29, 0.717) is 18.4 Å². The van der Waals surface area contributed by atoms with E-state index in [9.17, 15) is 35.1 Å². The first-order valence-electron chi connectivity index (χ1n) is 20.9. The molecule has 57 heavy (non-hydrogen) atoms. The van der Waals surface area contributed by atoms with Crippen molar-refractivity contribution in [3.8, 4) is 0 Å². The van der Waals surface area contributed by atoms with Gasteiger partial charge in [0, 0.05) is 41.7 Å². The summed E-state index contributed by atoms with van der Waals surface area (Å²) in [5.74, 6) is -6.33. The van der Waals surface area contributed by atoms with E-state index in [-0.39, 0.29) is 48.9 Å². The van der Waals surface area contributed by atoms with E-state index in [1.165, 1.54) is 12.2 Å². The number of carbonyl (C=O) groups excluding carboxylic acids is 2. The van der Waals surface area contributed by atoms with Crippen molar-refractivity contribution in [3.63, 3.8) is 0 Å². The number of hydrogen-bond donors (Lipinski definition) is 5. The molecule has 0 radical (unpaired) electrons. The molecule has 10 bridgehead atoms. The summed E-state index contributed by atoms with van der Waals surface area (Å²) in [7, 11) is 0. The van der Waals surface area contributed by atoms with Gasteiger partial charge in [-0.2, -0.15) is 0 Å².